The predicted octanol–water partition coefficient (Wildman–Crippen LogP) is 5.39. The number of anilines is 1. The molecule has 0 aliphatic carbocycles. The largest absolute Gasteiger partial charge is 0.508 e. The first-order valence-electron chi connectivity index (χ1n) is 8.88. The Morgan fingerprint density at radius 1 is 1.14 bits per heavy atom. The van der Waals surface area contributed by atoms with Crippen LogP contribution in [0.3, 0.4) is 0 Å². The van der Waals surface area contributed by atoms with Crippen molar-refractivity contribution in [2.24, 2.45) is 0 Å². The topological polar surface area (TPSA) is 89.9 Å². The molecule has 0 spiro atoms. The van der Waals surface area contributed by atoms with Crippen LogP contribution in [-0.2, 0) is 13.6 Å². The first-order valence-corrected chi connectivity index (χ1v) is 11.3. The zero-order valence-electron chi connectivity index (χ0n) is 15.9. The van der Waals surface area contributed by atoms with E-state index in [4.69, 9.17) is 13.8 Å². The Labute approximate surface area is 167 Å². The number of ether oxygens (including phenoxy) is 1. The van der Waals surface area contributed by atoms with Gasteiger partial charge in [0.25, 0.3) is 0 Å². The summed E-state index contributed by atoms with van der Waals surface area (Å²) in [5.41, 5.74) is 1.47. The summed E-state index contributed by atoms with van der Waals surface area (Å²) < 4.78 is 30.8. The van der Waals surface area contributed by atoms with Gasteiger partial charge in [0.1, 0.15) is 11.5 Å². The van der Waals surface area contributed by atoms with Gasteiger partial charge in [0, 0.05) is 0 Å². The summed E-state index contributed by atoms with van der Waals surface area (Å²) in [7, 11) is -1.93. The molecule has 1 aromatic heterocycles. The molecular formula is C19H23N2O5PS. The van der Waals surface area contributed by atoms with Gasteiger partial charge in [-0.05, 0) is 49.7 Å². The molecule has 7 nitrogen and oxygen atoms in total. The van der Waals surface area contributed by atoms with Crippen LogP contribution in [-0.4, -0.2) is 30.4 Å². The Morgan fingerprint density at radius 2 is 1.82 bits per heavy atom. The maximum Gasteiger partial charge on any atom is 0.357 e. The minimum atomic E-state index is -3.54. The predicted molar refractivity (Wildman–Crippen MR) is 112 cm³/mol. The molecule has 3 rings (SSSR count). The van der Waals surface area contributed by atoms with Crippen LogP contribution < -0.4 is 10.1 Å². The summed E-state index contributed by atoms with van der Waals surface area (Å²) in [4.78, 5) is 4.57. The molecule has 28 heavy (non-hydrogen) atoms. The van der Waals surface area contributed by atoms with E-state index in [-0.39, 0.29) is 19.0 Å². The second-order valence-corrected chi connectivity index (χ2v) is 9.01. The first kappa shape index (κ1) is 20.6. The van der Waals surface area contributed by atoms with Gasteiger partial charge in [0.15, 0.2) is 10.9 Å². The van der Waals surface area contributed by atoms with Crippen molar-refractivity contribution in [1.29, 1.82) is 0 Å². The molecule has 0 radical (unpaired) electrons. The Balaban J connectivity index is 2.01. The average Bonchev–Trinajstić information content (AvgIpc) is 3.09. The summed E-state index contributed by atoms with van der Waals surface area (Å²) in [6.07, 6.45) is 0. The molecule has 0 aliphatic rings. The fraction of sp³-hybridized carbons (Fsp3) is 0.316. The van der Waals surface area contributed by atoms with Crippen LogP contribution >= 0.6 is 18.9 Å². The molecule has 1 heterocycles. The number of benzene rings is 2. The van der Waals surface area contributed by atoms with Crippen LogP contribution in [0.5, 0.6) is 11.5 Å². The standard InChI is InChI=1S/C19H23N2O5PS/c1-4-25-27(23,26-5-2)18(13-6-8-14(22)9-7-13)21-19-20-16-11-10-15(24-3)12-17(16)28-19/h6-12,18,22H,4-5H2,1-3H3,(H,20,21). The third-order valence-corrected chi connectivity index (χ3v) is 7.24. The fourth-order valence-corrected chi connectivity index (χ4v) is 5.68. The number of aromatic nitrogens is 1. The van der Waals surface area contributed by atoms with E-state index in [1.165, 1.54) is 23.5 Å². The lowest BCUT2D eigenvalue weighted by Crippen LogP contribution is -2.15. The molecule has 0 bridgehead atoms. The van der Waals surface area contributed by atoms with Crippen molar-refractivity contribution in [3.05, 3.63) is 48.0 Å². The van der Waals surface area contributed by atoms with Gasteiger partial charge >= 0.3 is 7.60 Å². The number of hydrogen-bond donors (Lipinski definition) is 2. The van der Waals surface area contributed by atoms with Gasteiger partial charge < -0.3 is 24.2 Å². The molecule has 1 unspecified atom stereocenters. The normalized spacial score (nSPS) is 12.8. The minimum Gasteiger partial charge on any atom is -0.508 e. The van der Waals surface area contributed by atoms with Crippen molar-refractivity contribution in [1.82, 2.24) is 4.98 Å². The van der Waals surface area contributed by atoms with Gasteiger partial charge in [-0.25, -0.2) is 4.98 Å². The molecule has 2 N–H and O–H groups in total. The Kier molecular flexibility index (Phi) is 6.57. The molecule has 1 atom stereocenters. The molecule has 3 aromatic rings. The first-order chi connectivity index (χ1) is 13.5. The number of nitrogens with zero attached hydrogens (tertiary/aromatic N) is 1. The number of fused-ring (bicyclic) bond motifs is 1. The van der Waals surface area contributed by atoms with E-state index in [2.05, 4.69) is 10.3 Å². The number of methoxy groups -OCH3 is 1. The Bertz CT molecular complexity index is 966. The third kappa shape index (κ3) is 4.47. The van der Waals surface area contributed by atoms with Crippen LogP contribution in [0, 0.1) is 0 Å². The maximum atomic E-state index is 13.5. The van der Waals surface area contributed by atoms with Crippen LogP contribution in [0.2, 0.25) is 0 Å². The second-order valence-electron chi connectivity index (χ2n) is 5.87. The summed E-state index contributed by atoms with van der Waals surface area (Å²) in [5.74, 6) is 0.0970. The van der Waals surface area contributed by atoms with E-state index >= 15 is 0 Å². The van der Waals surface area contributed by atoms with E-state index in [0.717, 1.165) is 16.0 Å². The van der Waals surface area contributed by atoms with Gasteiger partial charge in [-0.3, -0.25) is 4.57 Å². The molecule has 2 aromatic carbocycles. The second kappa shape index (κ2) is 8.92. The summed E-state index contributed by atoms with van der Waals surface area (Å²) in [6, 6.07) is 12.1. The van der Waals surface area contributed by atoms with Crippen molar-refractivity contribution >= 4 is 34.3 Å². The van der Waals surface area contributed by atoms with Crippen molar-refractivity contribution in [2.45, 2.75) is 19.6 Å². The zero-order valence-corrected chi connectivity index (χ0v) is 17.6. The molecule has 0 saturated heterocycles. The Hall–Kier alpha value is -2.12. The lowest BCUT2D eigenvalue weighted by molar-refractivity contribution is 0.214. The minimum absolute atomic E-state index is 0.122. The van der Waals surface area contributed by atoms with E-state index in [9.17, 15) is 9.67 Å². The highest BCUT2D eigenvalue weighted by Crippen LogP contribution is 2.61. The van der Waals surface area contributed by atoms with E-state index in [1.807, 2.05) is 18.2 Å². The fourth-order valence-electron chi connectivity index (χ4n) is 2.76. The third-order valence-electron chi connectivity index (χ3n) is 4.00. The molecule has 0 fully saturated rings. The van der Waals surface area contributed by atoms with E-state index < -0.39 is 13.4 Å². The number of rotatable bonds is 9. The average molecular weight is 422 g/mol. The molecule has 0 saturated carbocycles. The van der Waals surface area contributed by atoms with Gasteiger partial charge in [-0.15, -0.1) is 0 Å². The Morgan fingerprint density at radius 3 is 2.43 bits per heavy atom. The van der Waals surface area contributed by atoms with Crippen LogP contribution in [0.15, 0.2) is 42.5 Å². The van der Waals surface area contributed by atoms with Gasteiger partial charge in [-0.2, -0.15) is 0 Å². The van der Waals surface area contributed by atoms with Crippen molar-refractivity contribution in [3.63, 3.8) is 0 Å². The van der Waals surface area contributed by atoms with E-state index in [1.54, 1.807) is 33.1 Å². The van der Waals surface area contributed by atoms with Crippen LogP contribution in [0.1, 0.15) is 25.2 Å². The van der Waals surface area contributed by atoms with E-state index in [0.29, 0.717) is 10.7 Å². The van der Waals surface area contributed by atoms with Crippen LogP contribution in [0.25, 0.3) is 10.2 Å². The van der Waals surface area contributed by atoms with Gasteiger partial charge in [0.05, 0.1) is 30.5 Å². The monoisotopic (exact) mass is 422 g/mol. The summed E-state index contributed by atoms with van der Waals surface area (Å²) in [6.45, 7) is 4.02. The zero-order chi connectivity index (χ0) is 20.1. The lowest BCUT2D eigenvalue weighted by Gasteiger charge is -2.27. The number of phenolic OH excluding ortho intramolecular Hbond substituents is 1. The number of aromatic hydroxyl groups is 1. The van der Waals surface area contributed by atoms with Crippen molar-refractivity contribution in [3.8, 4) is 11.5 Å². The SMILES string of the molecule is CCOP(=O)(OCC)C(Nc1nc2ccc(OC)cc2s1)c1ccc(O)cc1. The highest BCUT2D eigenvalue weighted by atomic mass is 32.1. The highest BCUT2D eigenvalue weighted by Gasteiger charge is 2.37. The number of phenols is 1. The molecule has 0 amide bonds. The number of thiazole rings is 1. The number of nitrogens with one attached hydrogen (secondary N) is 1. The quantitative estimate of drug-likeness (QED) is 0.447. The van der Waals surface area contributed by atoms with Crippen molar-refractivity contribution in [2.75, 3.05) is 25.6 Å². The molecule has 0 aliphatic heterocycles. The summed E-state index contributed by atoms with van der Waals surface area (Å²) in [5, 5.41) is 13.4. The maximum absolute atomic E-state index is 13.5. The molecule has 150 valence electrons. The molecule has 9 heteroatoms. The van der Waals surface area contributed by atoms with Crippen LogP contribution in [0.4, 0.5) is 5.13 Å². The van der Waals surface area contributed by atoms with Gasteiger partial charge in [0.2, 0.25) is 0 Å². The van der Waals surface area contributed by atoms with Gasteiger partial charge in [-0.1, -0.05) is 23.5 Å². The lowest BCUT2D eigenvalue weighted by atomic mass is 10.2. The highest BCUT2D eigenvalue weighted by molar-refractivity contribution is 7.54. The number of hydrogen-bond acceptors (Lipinski definition) is 8. The van der Waals surface area contributed by atoms with Crippen molar-refractivity contribution < 1.29 is 23.5 Å². The summed E-state index contributed by atoms with van der Waals surface area (Å²) >= 11 is 1.42. The molecular weight excluding hydrogens is 399 g/mol. The smallest absolute Gasteiger partial charge is 0.357 e.